The molecule has 0 amide bonds. The summed E-state index contributed by atoms with van der Waals surface area (Å²) in [6.45, 7) is 9.00. The van der Waals surface area contributed by atoms with Crippen LogP contribution in [0.4, 0.5) is 0 Å². The minimum absolute atomic E-state index is 0.895. The van der Waals surface area contributed by atoms with Crippen LogP contribution < -0.4 is 9.47 Å². The fourth-order valence-electron chi connectivity index (χ4n) is 8.31. The highest BCUT2D eigenvalue weighted by Crippen LogP contribution is 2.53. The molecule has 0 atom stereocenters. The lowest BCUT2D eigenvalue weighted by Crippen LogP contribution is -1.99. The Labute approximate surface area is 312 Å². The van der Waals surface area contributed by atoms with Crippen LogP contribution in [0, 0.1) is 13.8 Å². The molecule has 52 heavy (non-hydrogen) atoms. The van der Waals surface area contributed by atoms with Crippen molar-refractivity contribution in [1.82, 2.24) is 0 Å². The van der Waals surface area contributed by atoms with E-state index in [1.54, 1.807) is 0 Å². The molecule has 2 aliphatic rings. The molecule has 0 radical (unpaired) electrons. The number of aryl methyl sites for hydroxylation is 4. The van der Waals surface area contributed by atoms with Gasteiger partial charge in [0.15, 0.2) is 0 Å². The van der Waals surface area contributed by atoms with Gasteiger partial charge in [-0.2, -0.15) is 0 Å². The zero-order chi connectivity index (χ0) is 35.1. The van der Waals surface area contributed by atoms with Crippen molar-refractivity contribution in [3.05, 3.63) is 130 Å². The normalized spacial score (nSPS) is 12.5. The van der Waals surface area contributed by atoms with Crippen molar-refractivity contribution < 1.29 is 9.47 Å². The van der Waals surface area contributed by atoms with Gasteiger partial charge in [-0.25, -0.2) is 0 Å². The molecule has 0 spiro atoms. The first-order chi connectivity index (χ1) is 25.5. The van der Waals surface area contributed by atoms with Gasteiger partial charge in [0.05, 0.1) is 0 Å². The smallest absolute Gasteiger partial charge is 0.135 e. The number of hydrogen-bond acceptors (Lipinski definition) is 4. The Bertz CT molecular complexity index is 2550. The van der Waals surface area contributed by atoms with Crippen molar-refractivity contribution in [1.29, 1.82) is 0 Å². The monoisotopic (exact) mass is 710 g/mol. The minimum Gasteiger partial charge on any atom is -0.456 e. The van der Waals surface area contributed by atoms with Crippen molar-refractivity contribution in [2.45, 2.75) is 53.4 Å². The van der Waals surface area contributed by atoms with E-state index in [0.29, 0.717) is 0 Å². The van der Waals surface area contributed by atoms with Crippen LogP contribution in [0.15, 0.2) is 109 Å². The van der Waals surface area contributed by atoms with Crippen LogP contribution in [-0.2, 0) is 12.8 Å². The van der Waals surface area contributed by atoms with Gasteiger partial charge in [0, 0.05) is 41.4 Å². The maximum absolute atomic E-state index is 6.62. The van der Waals surface area contributed by atoms with E-state index in [0.717, 1.165) is 70.9 Å². The fourth-order valence-corrected chi connectivity index (χ4v) is 10.9. The molecule has 4 heteroatoms. The van der Waals surface area contributed by atoms with E-state index in [2.05, 4.69) is 137 Å². The lowest BCUT2D eigenvalue weighted by Gasteiger charge is -2.24. The maximum Gasteiger partial charge on any atom is 0.135 e. The zero-order valence-corrected chi connectivity index (χ0v) is 31.5. The number of hydrogen-bond donors (Lipinski definition) is 0. The Morgan fingerprint density at radius 1 is 0.442 bits per heavy atom. The summed E-state index contributed by atoms with van der Waals surface area (Å²) in [5.74, 6) is 3.64. The molecule has 2 nitrogen and oxygen atoms in total. The molecule has 0 bridgehead atoms. The van der Waals surface area contributed by atoms with Gasteiger partial charge in [-0.05, 0) is 131 Å². The summed E-state index contributed by atoms with van der Waals surface area (Å²) >= 11 is 3.86. The zero-order valence-electron chi connectivity index (χ0n) is 29.9. The fraction of sp³-hybridized carbons (Fsp3) is 0.167. The van der Waals surface area contributed by atoms with E-state index in [1.807, 2.05) is 22.7 Å². The van der Waals surface area contributed by atoms with Gasteiger partial charge in [0.1, 0.15) is 23.0 Å². The number of benzene rings is 6. The molecule has 6 aromatic carbocycles. The van der Waals surface area contributed by atoms with Crippen molar-refractivity contribution in [2.75, 3.05) is 0 Å². The first-order valence-corrected chi connectivity index (χ1v) is 20.1. The summed E-state index contributed by atoms with van der Waals surface area (Å²) in [4.78, 5) is 5.63. The maximum atomic E-state index is 6.62. The molecule has 0 unspecified atom stereocenters. The Morgan fingerprint density at radius 2 is 0.885 bits per heavy atom. The number of fused-ring (bicyclic) bond motifs is 4. The second-order valence-electron chi connectivity index (χ2n) is 14.2. The van der Waals surface area contributed by atoms with Gasteiger partial charge in [-0.15, -0.1) is 22.7 Å². The van der Waals surface area contributed by atoms with Crippen LogP contribution in [0.3, 0.4) is 0 Å². The van der Waals surface area contributed by atoms with Gasteiger partial charge in [-0.1, -0.05) is 87.4 Å². The topological polar surface area (TPSA) is 18.5 Å². The highest BCUT2D eigenvalue weighted by Gasteiger charge is 2.25. The van der Waals surface area contributed by atoms with Crippen LogP contribution in [-0.4, -0.2) is 0 Å². The van der Waals surface area contributed by atoms with Crippen LogP contribution in [0.25, 0.3) is 75.8 Å². The third-order valence-corrected chi connectivity index (χ3v) is 13.5. The molecule has 4 heterocycles. The Kier molecular flexibility index (Phi) is 7.42. The molecule has 2 aliphatic heterocycles. The van der Waals surface area contributed by atoms with E-state index >= 15 is 0 Å². The molecule has 0 fully saturated rings. The Morgan fingerprint density at radius 3 is 1.33 bits per heavy atom. The van der Waals surface area contributed by atoms with Crippen LogP contribution in [0.5, 0.6) is 23.0 Å². The third kappa shape index (κ3) is 4.88. The molecule has 2 aromatic heterocycles. The Hall–Kier alpha value is -5.16. The largest absolute Gasteiger partial charge is 0.456 e. The second kappa shape index (κ2) is 12.2. The number of thiophene rings is 2. The summed E-state index contributed by atoms with van der Waals surface area (Å²) in [5.41, 5.74) is 12.3. The predicted octanol–water partition coefficient (Wildman–Crippen LogP) is 15.2. The summed E-state index contributed by atoms with van der Waals surface area (Å²) in [5, 5.41) is 4.86. The number of ether oxygens (including phenoxy) is 2. The molecular formula is C48H38O2S2. The molecule has 254 valence electrons. The molecule has 0 saturated carbocycles. The van der Waals surface area contributed by atoms with Gasteiger partial charge < -0.3 is 9.47 Å². The predicted molar refractivity (Wildman–Crippen MR) is 222 cm³/mol. The number of rotatable bonds is 7. The van der Waals surface area contributed by atoms with E-state index < -0.39 is 0 Å². The first-order valence-electron chi connectivity index (χ1n) is 18.4. The van der Waals surface area contributed by atoms with E-state index in [-0.39, 0.29) is 0 Å². The average Bonchev–Trinajstić information content (AvgIpc) is 3.72. The second-order valence-corrected chi connectivity index (χ2v) is 16.5. The van der Waals surface area contributed by atoms with Crippen molar-refractivity contribution >= 4 is 44.2 Å². The van der Waals surface area contributed by atoms with E-state index in [4.69, 9.17) is 9.47 Å². The standard InChI is InChI=1S/C48H38O2S2/c1-5-9-43-27(3)23-45(51-43)31-17-19-35-37-25-29(15-21-39(37)49-41-13-7-11-33(31)47(35)41)30-16-22-40-38(26-30)36-20-18-32(34-12-8-14-42(50-40)48(34)36)46-24-28(4)44(52-46)10-6-2/h7-8,11-26H,5-6,9-10H2,1-4H3. The molecule has 8 aromatic rings. The van der Waals surface area contributed by atoms with Crippen LogP contribution >= 0.6 is 22.7 Å². The van der Waals surface area contributed by atoms with Gasteiger partial charge in [-0.3, -0.25) is 0 Å². The average molecular weight is 711 g/mol. The lowest BCUT2D eigenvalue weighted by molar-refractivity contribution is 0.486. The van der Waals surface area contributed by atoms with Crippen LogP contribution in [0.2, 0.25) is 0 Å². The molecule has 0 N–H and O–H groups in total. The van der Waals surface area contributed by atoms with Crippen LogP contribution in [0.1, 0.15) is 47.6 Å². The summed E-state index contributed by atoms with van der Waals surface area (Å²) in [6.07, 6.45) is 4.58. The summed E-state index contributed by atoms with van der Waals surface area (Å²) < 4.78 is 13.2. The molecule has 0 saturated heterocycles. The quantitative estimate of drug-likeness (QED) is 0.164. The summed E-state index contributed by atoms with van der Waals surface area (Å²) in [7, 11) is 0. The summed E-state index contributed by atoms with van der Waals surface area (Å²) in [6, 6.07) is 40.2. The van der Waals surface area contributed by atoms with Gasteiger partial charge >= 0.3 is 0 Å². The van der Waals surface area contributed by atoms with Gasteiger partial charge in [0.25, 0.3) is 0 Å². The Balaban J connectivity index is 1.07. The van der Waals surface area contributed by atoms with Crippen molar-refractivity contribution in [3.8, 4) is 77.3 Å². The van der Waals surface area contributed by atoms with E-state index in [9.17, 15) is 0 Å². The SMILES string of the molecule is CCCc1sc(-c2ccc3c4c(cccc24)Oc2ccc(-c4ccc5c(c4)-c4ccc(-c6cc(C)c(CCC)s6)c6cccc(c46)O5)cc2-3)cc1C. The highest BCUT2D eigenvalue weighted by molar-refractivity contribution is 7.16. The third-order valence-electron chi connectivity index (χ3n) is 10.8. The molecule has 0 aliphatic carbocycles. The van der Waals surface area contributed by atoms with Gasteiger partial charge in [0.2, 0.25) is 0 Å². The molecular weight excluding hydrogens is 673 g/mol. The first kappa shape index (κ1) is 31.6. The van der Waals surface area contributed by atoms with Crippen molar-refractivity contribution in [2.24, 2.45) is 0 Å². The minimum atomic E-state index is 0.895. The van der Waals surface area contributed by atoms with Crippen molar-refractivity contribution in [3.63, 3.8) is 0 Å². The van der Waals surface area contributed by atoms with E-state index in [1.165, 1.54) is 74.4 Å². The molecule has 10 rings (SSSR count). The lowest BCUT2D eigenvalue weighted by atomic mass is 9.88. The highest BCUT2D eigenvalue weighted by atomic mass is 32.1.